The number of hydrazone groups is 1. The van der Waals surface area contributed by atoms with Gasteiger partial charge >= 0.3 is 0 Å². The molecule has 0 N–H and O–H groups in total. The molecule has 0 saturated heterocycles. The lowest BCUT2D eigenvalue weighted by Gasteiger charge is -2.19. The molecule has 1 atom stereocenters. The van der Waals surface area contributed by atoms with E-state index in [-0.39, 0.29) is 11.9 Å². The van der Waals surface area contributed by atoms with Crippen molar-refractivity contribution in [1.82, 2.24) is 5.01 Å². The molecule has 2 aromatic rings. The lowest BCUT2D eigenvalue weighted by atomic mass is 10.0. The minimum absolute atomic E-state index is 0.00801. The van der Waals surface area contributed by atoms with Gasteiger partial charge in [-0.3, -0.25) is 4.79 Å². The topological polar surface area (TPSA) is 41.9 Å². The van der Waals surface area contributed by atoms with Gasteiger partial charge in [0.1, 0.15) is 5.75 Å². The summed E-state index contributed by atoms with van der Waals surface area (Å²) < 4.78 is 5.28. The first-order valence-electron chi connectivity index (χ1n) is 7.30. The maximum absolute atomic E-state index is 12.2. The summed E-state index contributed by atoms with van der Waals surface area (Å²) in [4.78, 5) is 13.4. The van der Waals surface area contributed by atoms with Crippen LogP contribution in [-0.4, -0.2) is 23.7 Å². The fraction of sp³-hybridized carbons (Fsp3) is 0.294. The van der Waals surface area contributed by atoms with E-state index >= 15 is 0 Å². The smallest absolute Gasteiger partial charge is 0.243 e. The third-order valence-electron chi connectivity index (χ3n) is 3.74. The van der Waals surface area contributed by atoms with Crippen molar-refractivity contribution in [1.29, 1.82) is 0 Å². The molecule has 0 aliphatic carbocycles. The van der Waals surface area contributed by atoms with Gasteiger partial charge in [0.15, 0.2) is 0 Å². The van der Waals surface area contributed by atoms with E-state index in [0.29, 0.717) is 6.42 Å². The number of nitrogens with zero attached hydrogens (tertiary/aromatic N) is 2. The number of benzene rings is 1. The van der Waals surface area contributed by atoms with Gasteiger partial charge in [-0.2, -0.15) is 5.10 Å². The molecular weight excluding hydrogens is 296 g/mol. The first kappa shape index (κ1) is 14.8. The summed E-state index contributed by atoms with van der Waals surface area (Å²) >= 11 is 1.66. The average Bonchev–Trinajstić information content (AvgIpc) is 3.23. The van der Waals surface area contributed by atoms with Crippen LogP contribution in [0.2, 0.25) is 0 Å². The molecule has 114 valence electrons. The van der Waals surface area contributed by atoms with Crippen molar-refractivity contribution >= 4 is 23.0 Å². The predicted octanol–water partition coefficient (Wildman–Crippen LogP) is 3.84. The molecule has 1 aromatic heterocycles. The first-order chi connectivity index (χ1) is 10.7. The second-order valence-electron chi connectivity index (χ2n) is 5.11. The van der Waals surface area contributed by atoms with Crippen molar-refractivity contribution in [3.8, 4) is 5.75 Å². The lowest BCUT2D eigenvalue weighted by Crippen LogP contribution is -2.25. The van der Waals surface area contributed by atoms with Gasteiger partial charge in [0.05, 0.1) is 18.9 Å². The van der Waals surface area contributed by atoms with Crippen molar-refractivity contribution in [2.45, 2.75) is 25.8 Å². The van der Waals surface area contributed by atoms with Crippen LogP contribution in [0, 0.1) is 0 Å². The molecule has 0 bridgehead atoms. The molecule has 1 aromatic carbocycles. The molecule has 2 heterocycles. The summed E-state index contributed by atoms with van der Waals surface area (Å²) in [5, 5.41) is 8.27. The quantitative estimate of drug-likeness (QED) is 0.860. The van der Waals surface area contributed by atoms with Gasteiger partial charge < -0.3 is 4.74 Å². The Hall–Kier alpha value is -2.14. The lowest BCUT2D eigenvalue weighted by molar-refractivity contribution is -0.132. The number of carbonyl (C=O) groups is 1. The Bertz CT molecular complexity index is 694. The summed E-state index contributed by atoms with van der Waals surface area (Å²) in [6.45, 7) is 1.87. The number of thiophene rings is 1. The van der Waals surface area contributed by atoms with Crippen LogP contribution in [0.3, 0.4) is 0 Å². The number of ether oxygens (including phenoxy) is 1. The number of methoxy groups -OCH3 is 1. The fourth-order valence-electron chi connectivity index (χ4n) is 2.58. The molecule has 3 rings (SSSR count). The molecule has 0 saturated carbocycles. The number of amides is 1. The second kappa shape index (κ2) is 6.32. The summed E-state index contributed by atoms with van der Waals surface area (Å²) in [5.74, 6) is 0.851. The number of hydrogen-bond donors (Lipinski definition) is 0. The van der Waals surface area contributed by atoms with Crippen LogP contribution in [-0.2, 0) is 4.79 Å². The van der Waals surface area contributed by atoms with Gasteiger partial charge in [-0.05, 0) is 23.6 Å². The van der Waals surface area contributed by atoms with Gasteiger partial charge in [-0.1, -0.05) is 25.1 Å². The Kier molecular flexibility index (Phi) is 4.24. The Morgan fingerprint density at radius 3 is 2.95 bits per heavy atom. The van der Waals surface area contributed by atoms with Crippen molar-refractivity contribution in [3.63, 3.8) is 0 Å². The van der Waals surface area contributed by atoms with Crippen molar-refractivity contribution in [2.75, 3.05) is 7.11 Å². The molecule has 22 heavy (non-hydrogen) atoms. The zero-order valence-corrected chi connectivity index (χ0v) is 13.5. The third kappa shape index (κ3) is 2.76. The average molecular weight is 314 g/mol. The minimum Gasteiger partial charge on any atom is -0.497 e. The normalized spacial score (nSPS) is 17.5. The molecule has 1 unspecified atom stereocenters. The van der Waals surface area contributed by atoms with Crippen LogP contribution >= 0.6 is 11.3 Å². The molecule has 1 aliphatic rings. The Morgan fingerprint density at radius 2 is 2.27 bits per heavy atom. The van der Waals surface area contributed by atoms with E-state index in [4.69, 9.17) is 4.74 Å². The van der Waals surface area contributed by atoms with Crippen LogP contribution in [0.25, 0.3) is 0 Å². The van der Waals surface area contributed by atoms with E-state index in [1.54, 1.807) is 23.5 Å². The van der Waals surface area contributed by atoms with Gasteiger partial charge in [-0.25, -0.2) is 5.01 Å². The molecule has 5 heteroatoms. The van der Waals surface area contributed by atoms with Gasteiger partial charge in [-0.15, -0.1) is 11.3 Å². The van der Waals surface area contributed by atoms with Crippen LogP contribution in [0.15, 0.2) is 46.9 Å². The van der Waals surface area contributed by atoms with Gasteiger partial charge in [0, 0.05) is 23.3 Å². The minimum atomic E-state index is 0.00801. The summed E-state index contributed by atoms with van der Waals surface area (Å²) in [6.07, 6.45) is 1.19. The molecule has 0 spiro atoms. The zero-order chi connectivity index (χ0) is 15.5. The maximum atomic E-state index is 12.2. The molecule has 0 fully saturated rings. The van der Waals surface area contributed by atoms with Crippen LogP contribution in [0.5, 0.6) is 5.75 Å². The first-order valence-corrected chi connectivity index (χ1v) is 8.18. The van der Waals surface area contributed by atoms with Crippen molar-refractivity contribution < 1.29 is 9.53 Å². The number of carbonyl (C=O) groups excluding carboxylic acids is 1. The highest BCUT2D eigenvalue weighted by Gasteiger charge is 2.32. The van der Waals surface area contributed by atoms with E-state index in [1.165, 1.54) is 4.88 Å². The second-order valence-corrected chi connectivity index (χ2v) is 6.09. The Balaban J connectivity index is 1.94. The van der Waals surface area contributed by atoms with Crippen LogP contribution in [0.1, 0.15) is 36.2 Å². The molecule has 0 radical (unpaired) electrons. The molecule has 4 nitrogen and oxygen atoms in total. The Morgan fingerprint density at radius 1 is 1.41 bits per heavy atom. The standard InChI is InChI=1S/C17H18N2O2S/c1-3-17(20)19-15(16-8-5-9-22-16)11-14(18-19)12-6-4-7-13(10-12)21-2/h4-10,15H,3,11H2,1-2H3. The Labute approximate surface area is 134 Å². The summed E-state index contributed by atoms with van der Waals surface area (Å²) in [6, 6.07) is 11.9. The van der Waals surface area contributed by atoms with Gasteiger partial charge in [0.25, 0.3) is 0 Å². The number of rotatable bonds is 4. The van der Waals surface area contributed by atoms with E-state index < -0.39 is 0 Å². The van der Waals surface area contributed by atoms with E-state index in [0.717, 1.165) is 23.4 Å². The van der Waals surface area contributed by atoms with Crippen LogP contribution < -0.4 is 4.74 Å². The van der Waals surface area contributed by atoms with Gasteiger partial charge in [0.2, 0.25) is 5.91 Å². The van der Waals surface area contributed by atoms with E-state index in [9.17, 15) is 4.79 Å². The van der Waals surface area contributed by atoms with Crippen LogP contribution in [0.4, 0.5) is 0 Å². The zero-order valence-electron chi connectivity index (χ0n) is 12.7. The highest BCUT2D eigenvalue weighted by Crippen LogP contribution is 2.35. The summed E-state index contributed by atoms with van der Waals surface area (Å²) in [5.41, 5.74) is 1.94. The SMILES string of the molecule is CCC(=O)N1N=C(c2cccc(OC)c2)CC1c1cccs1. The van der Waals surface area contributed by atoms with E-state index in [1.807, 2.05) is 42.6 Å². The molecular formula is C17H18N2O2S. The van der Waals surface area contributed by atoms with Crippen molar-refractivity contribution in [3.05, 3.63) is 52.2 Å². The monoisotopic (exact) mass is 314 g/mol. The predicted molar refractivity (Wildman–Crippen MR) is 88.3 cm³/mol. The highest BCUT2D eigenvalue weighted by molar-refractivity contribution is 7.10. The highest BCUT2D eigenvalue weighted by atomic mass is 32.1. The fourth-order valence-corrected chi connectivity index (χ4v) is 3.39. The molecule has 1 aliphatic heterocycles. The maximum Gasteiger partial charge on any atom is 0.243 e. The van der Waals surface area contributed by atoms with Crippen molar-refractivity contribution in [2.24, 2.45) is 5.10 Å². The third-order valence-corrected chi connectivity index (χ3v) is 4.72. The summed E-state index contributed by atoms with van der Waals surface area (Å²) in [7, 11) is 1.65. The van der Waals surface area contributed by atoms with E-state index in [2.05, 4.69) is 11.2 Å². The molecule has 1 amide bonds. The largest absolute Gasteiger partial charge is 0.497 e. The number of hydrogen-bond acceptors (Lipinski definition) is 4.